The molecule has 0 aliphatic rings. The van der Waals surface area contributed by atoms with E-state index in [0.717, 1.165) is 25.0 Å². The van der Waals surface area contributed by atoms with Gasteiger partial charge in [-0.2, -0.15) is 13.2 Å². The molecule has 9 heteroatoms. The van der Waals surface area contributed by atoms with Crippen molar-refractivity contribution >= 4 is 23.6 Å². The van der Waals surface area contributed by atoms with E-state index in [9.17, 15) is 18.0 Å². The molecule has 1 heterocycles. The fourth-order valence-corrected chi connectivity index (χ4v) is 2.66. The fourth-order valence-electron chi connectivity index (χ4n) is 2.42. The zero-order valence-electron chi connectivity index (χ0n) is 16.1. The van der Waals surface area contributed by atoms with Gasteiger partial charge in [-0.15, -0.1) is 5.10 Å². The Kier molecular flexibility index (Phi) is 8.13. The maximum atomic E-state index is 12.8. The molecular weight excluding hydrogens is 409 g/mol. The quantitative estimate of drug-likeness (QED) is 0.305. The lowest BCUT2D eigenvalue weighted by molar-refractivity contribution is -0.138. The Morgan fingerprint density at radius 1 is 1.28 bits per heavy atom. The molecule has 0 saturated heterocycles. The zero-order valence-corrected chi connectivity index (χ0v) is 16.9. The van der Waals surface area contributed by atoms with Gasteiger partial charge in [0.05, 0.1) is 31.0 Å². The SMILES string of the molecule is CCCCOc1cc(C=CC(=O)OCC)n(Cc2ccc(C(F)(F)F)cc2Cl)n1. The van der Waals surface area contributed by atoms with Crippen molar-refractivity contribution in [2.75, 3.05) is 13.2 Å². The number of unbranched alkanes of at least 4 members (excludes halogenated alkanes) is 1. The van der Waals surface area contributed by atoms with Crippen LogP contribution in [-0.4, -0.2) is 29.0 Å². The Bertz CT molecular complexity index is 863. The number of alkyl halides is 3. The second kappa shape index (κ2) is 10.3. The number of halogens is 4. The average molecular weight is 431 g/mol. The normalized spacial score (nSPS) is 11.8. The number of esters is 1. The van der Waals surface area contributed by atoms with E-state index in [-0.39, 0.29) is 18.2 Å². The van der Waals surface area contributed by atoms with Gasteiger partial charge in [0.25, 0.3) is 0 Å². The van der Waals surface area contributed by atoms with Crippen molar-refractivity contribution in [3.63, 3.8) is 0 Å². The number of carbonyl (C=O) groups excluding carboxylic acids is 1. The van der Waals surface area contributed by atoms with E-state index < -0.39 is 17.7 Å². The first-order chi connectivity index (χ1) is 13.7. The summed E-state index contributed by atoms with van der Waals surface area (Å²) in [5, 5.41) is 4.30. The van der Waals surface area contributed by atoms with Crippen LogP contribution in [0.1, 0.15) is 43.5 Å². The first-order valence-electron chi connectivity index (χ1n) is 9.15. The second-order valence-electron chi connectivity index (χ2n) is 6.16. The largest absolute Gasteiger partial charge is 0.477 e. The van der Waals surface area contributed by atoms with Crippen LogP contribution in [0.25, 0.3) is 6.08 Å². The number of aromatic nitrogens is 2. The van der Waals surface area contributed by atoms with Crippen molar-refractivity contribution in [2.24, 2.45) is 0 Å². The molecule has 0 amide bonds. The molecular formula is C20H22ClF3N2O3. The van der Waals surface area contributed by atoms with Crippen LogP contribution in [0.4, 0.5) is 13.2 Å². The third kappa shape index (κ3) is 6.81. The molecule has 0 bridgehead atoms. The van der Waals surface area contributed by atoms with Crippen molar-refractivity contribution < 1.29 is 27.4 Å². The molecule has 0 spiro atoms. The van der Waals surface area contributed by atoms with Gasteiger partial charge in [-0.3, -0.25) is 4.68 Å². The summed E-state index contributed by atoms with van der Waals surface area (Å²) < 4.78 is 50.5. The van der Waals surface area contributed by atoms with Crippen LogP contribution in [0.3, 0.4) is 0 Å². The van der Waals surface area contributed by atoms with Crippen LogP contribution < -0.4 is 4.74 Å². The molecule has 0 fully saturated rings. The summed E-state index contributed by atoms with van der Waals surface area (Å²) in [6.45, 7) is 4.56. The molecule has 1 aromatic heterocycles. The number of hydrogen-bond acceptors (Lipinski definition) is 4. The van der Waals surface area contributed by atoms with Crippen LogP contribution >= 0.6 is 11.6 Å². The minimum Gasteiger partial charge on any atom is -0.477 e. The molecule has 2 rings (SSSR count). The van der Waals surface area contributed by atoms with Gasteiger partial charge in [-0.1, -0.05) is 31.0 Å². The summed E-state index contributed by atoms with van der Waals surface area (Å²) >= 11 is 6.05. The molecule has 29 heavy (non-hydrogen) atoms. The summed E-state index contributed by atoms with van der Waals surface area (Å²) in [6.07, 6.45) is 0.0988. The number of benzene rings is 1. The molecule has 0 atom stereocenters. The van der Waals surface area contributed by atoms with Gasteiger partial charge >= 0.3 is 12.1 Å². The van der Waals surface area contributed by atoms with Gasteiger partial charge in [0, 0.05) is 17.2 Å². The highest BCUT2D eigenvalue weighted by Gasteiger charge is 2.30. The van der Waals surface area contributed by atoms with Crippen LogP contribution in [0.15, 0.2) is 30.3 Å². The standard InChI is InChI=1S/C20H22ClF3N2O3/c1-3-5-10-29-18-12-16(8-9-19(27)28-4-2)26(25-18)13-14-6-7-15(11-17(14)21)20(22,23)24/h6-9,11-12H,3-5,10,13H2,1-2H3. The van der Waals surface area contributed by atoms with Gasteiger partial charge < -0.3 is 9.47 Å². The summed E-state index contributed by atoms with van der Waals surface area (Å²) in [5.41, 5.74) is 0.159. The van der Waals surface area contributed by atoms with E-state index in [1.807, 2.05) is 6.92 Å². The third-order valence-corrected chi connectivity index (χ3v) is 4.27. The molecule has 0 saturated carbocycles. The second-order valence-corrected chi connectivity index (χ2v) is 6.56. The summed E-state index contributed by atoms with van der Waals surface area (Å²) in [4.78, 5) is 11.6. The molecule has 2 aromatic rings. The van der Waals surface area contributed by atoms with Crippen molar-refractivity contribution in [1.29, 1.82) is 0 Å². The minimum atomic E-state index is -4.47. The highest BCUT2D eigenvalue weighted by atomic mass is 35.5. The Morgan fingerprint density at radius 2 is 2.03 bits per heavy atom. The molecule has 0 radical (unpaired) electrons. The molecule has 0 aliphatic heterocycles. The number of nitrogens with zero attached hydrogens (tertiary/aromatic N) is 2. The van der Waals surface area contributed by atoms with Gasteiger partial charge in [0.15, 0.2) is 0 Å². The molecule has 0 N–H and O–H groups in total. The van der Waals surface area contributed by atoms with Gasteiger partial charge in [-0.05, 0) is 37.1 Å². The van der Waals surface area contributed by atoms with E-state index in [1.165, 1.54) is 22.9 Å². The molecule has 5 nitrogen and oxygen atoms in total. The average Bonchev–Trinajstić information content (AvgIpc) is 3.03. The van der Waals surface area contributed by atoms with Gasteiger partial charge in [0.1, 0.15) is 0 Å². The Labute approximate surface area is 172 Å². The number of rotatable bonds is 9. The highest BCUT2D eigenvalue weighted by molar-refractivity contribution is 6.31. The monoisotopic (exact) mass is 430 g/mol. The lowest BCUT2D eigenvalue weighted by atomic mass is 10.1. The maximum Gasteiger partial charge on any atom is 0.416 e. The lowest BCUT2D eigenvalue weighted by Crippen LogP contribution is -2.08. The summed E-state index contributed by atoms with van der Waals surface area (Å²) in [5.74, 6) is -0.161. The van der Waals surface area contributed by atoms with Crippen LogP contribution in [-0.2, 0) is 22.3 Å². The van der Waals surface area contributed by atoms with E-state index in [2.05, 4.69) is 5.10 Å². The van der Waals surface area contributed by atoms with Crippen molar-refractivity contribution in [3.8, 4) is 5.88 Å². The van der Waals surface area contributed by atoms with E-state index in [4.69, 9.17) is 21.1 Å². The smallest absolute Gasteiger partial charge is 0.416 e. The van der Waals surface area contributed by atoms with E-state index in [1.54, 1.807) is 13.0 Å². The van der Waals surface area contributed by atoms with Crippen molar-refractivity contribution in [1.82, 2.24) is 9.78 Å². The Balaban J connectivity index is 2.28. The maximum absolute atomic E-state index is 12.8. The van der Waals surface area contributed by atoms with Crippen LogP contribution in [0.2, 0.25) is 5.02 Å². The van der Waals surface area contributed by atoms with Crippen molar-refractivity contribution in [3.05, 3.63) is 52.2 Å². The van der Waals surface area contributed by atoms with Crippen LogP contribution in [0.5, 0.6) is 5.88 Å². The Hall–Kier alpha value is -2.48. The summed E-state index contributed by atoms with van der Waals surface area (Å²) in [6, 6.07) is 4.80. The molecule has 1 aromatic carbocycles. The number of ether oxygens (including phenoxy) is 2. The first kappa shape index (κ1) is 22.8. The van der Waals surface area contributed by atoms with Gasteiger partial charge in [0.2, 0.25) is 5.88 Å². The van der Waals surface area contributed by atoms with Crippen molar-refractivity contribution in [2.45, 2.75) is 39.4 Å². The molecule has 0 aliphatic carbocycles. The predicted molar refractivity (Wildman–Crippen MR) is 104 cm³/mol. The molecule has 0 unspecified atom stereocenters. The van der Waals surface area contributed by atoms with E-state index in [0.29, 0.717) is 23.7 Å². The first-order valence-corrected chi connectivity index (χ1v) is 9.53. The summed E-state index contributed by atoms with van der Waals surface area (Å²) in [7, 11) is 0. The topological polar surface area (TPSA) is 53.4 Å². The van der Waals surface area contributed by atoms with Crippen LogP contribution in [0, 0.1) is 0 Å². The Morgan fingerprint density at radius 3 is 2.66 bits per heavy atom. The number of hydrogen-bond donors (Lipinski definition) is 0. The van der Waals surface area contributed by atoms with E-state index >= 15 is 0 Å². The highest BCUT2D eigenvalue weighted by Crippen LogP contribution is 2.32. The van der Waals surface area contributed by atoms with Gasteiger partial charge in [-0.25, -0.2) is 4.79 Å². The third-order valence-electron chi connectivity index (χ3n) is 3.91. The zero-order chi connectivity index (χ0) is 21.4. The predicted octanol–water partition coefficient (Wildman–Crippen LogP) is 5.36. The fraction of sp³-hybridized carbons (Fsp3) is 0.400. The molecule has 158 valence electrons. The minimum absolute atomic E-state index is 0.0240. The number of carbonyl (C=O) groups is 1. The lowest BCUT2D eigenvalue weighted by Gasteiger charge is -2.11.